The van der Waals surface area contributed by atoms with Crippen LogP contribution >= 0.6 is 11.3 Å². The molecule has 0 atom stereocenters. The molecular weight excluding hydrogens is 318 g/mol. The van der Waals surface area contributed by atoms with E-state index in [0.717, 1.165) is 5.69 Å². The topological polar surface area (TPSA) is 98.3 Å². The molecule has 1 aromatic carbocycles. The van der Waals surface area contributed by atoms with Gasteiger partial charge < -0.3 is 4.42 Å². The molecule has 0 aliphatic heterocycles. The summed E-state index contributed by atoms with van der Waals surface area (Å²) in [6, 6.07) is 9.21. The summed E-state index contributed by atoms with van der Waals surface area (Å²) in [5, 5.41) is 16.0. The fraction of sp³-hybridized carbons (Fsp3) is 0.0667. The van der Waals surface area contributed by atoms with E-state index < -0.39 is 10.8 Å². The summed E-state index contributed by atoms with van der Waals surface area (Å²) in [4.78, 5) is 26.8. The van der Waals surface area contributed by atoms with Crippen LogP contribution in [0.25, 0.3) is 11.3 Å². The molecule has 0 aliphatic rings. The van der Waals surface area contributed by atoms with Crippen molar-refractivity contribution in [1.82, 2.24) is 4.98 Å². The summed E-state index contributed by atoms with van der Waals surface area (Å²) in [6.07, 6.45) is 0. The van der Waals surface area contributed by atoms with Crippen molar-refractivity contribution in [3.8, 4) is 11.3 Å². The van der Waals surface area contributed by atoms with E-state index in [1.807, 2.05) is 12.3 Å². The first-order chi connectivity index (χ1) is 11.0. The molecule has 0 bridgehead atoms. The molecule has 0 saturated carbocycles. The number of carbonyl (C=O) groups is 1. The molecule has 0 saturated heterocycles. The first kappa shape index (κ1) is 14.9. The van der Waals surface area contributed by atoms with Crippen LogP contribution in [0.1, 0.15) is 16.2 Å². The van der Waals surface area contributed by atoms with Gasteiger partial charge in [-0.1, -0.05) is 12.1 Å². The number of carbonyl (C=O) groups excluding carboxylic acids is 1. The predicted octanol–water partition coefficient (Wildman–Crippen LogP) is 3.87. The Morgan fingerprint density at radius 1 is 1.30 bits per heavy atom. The van der Waals surface area contributed by atoms with E-state index in [1.165, 1.54) is 29.5 Å². The molecule has 0 radical (unpaired) electrons. The lowest BCUT2D eigenvalue weighted by Gasteiger charge is -2.00. The minimum atomic E-state index is -0.490. The highest BCUT2D eigenvalue weighted by molar-refractivity contribution is 7.13. The normalized spacial score (nSPS) is 10.5. The molecule has 23 heavy (non-hydrogen) atoms. The van der Waals surface area contributed by atoms with Crippen LogP contribution in [0.15, 0.2) is 46.2 Å². The van der Waals surface area contributed by atoms with Crippen LogP contribution in [0.5, 0.6) is 0 Å². The second-order valence-electron chi connectivity index (χ2n) is 4.69. The van der Waals surface area contributed by atoms with Gasteiger partial charge in [0, 0.05) is 11.4 Å². The number of para-hydroxylation sites is 1. The lowest BCUT2D eigenvalue weighted by molar-refractivity contribution is -0.384. The molecule has 7 nitrogen and oxygen atoms in total. The van der Waals surface area contributed by atoms with Crippen LogP contribution in [-0.2, 0) is 0 Å². The SMILES string of the molecule is Cc1csc(NC(=O)c2ccc(-c3ccccc3[N+](=O)[O-])o2)n1. The van der Waals surface area contributed by atoms with Crippen LogP contribution < -0.4 is 5.32 Å². The monoisotopic (exact) mass is 329 g/mol. The molecule has 2 heterocycles. The fourth-order valence-electron chi connectivity index (χ4n) is 2.02. The average Bonchev–Trinajstić information content (AvgIpc) is 3.16. The molecule has 8 heteroatoms. The zero-order chi connectivity index (χ0) is 16.4. The van der Waals surface area contributed by atoms with Gasteiger partial charge in [-0.15, -0.1) is 11.3 Å². The third kappa shape index (κ3) is 3.11. The Bertz CT molecular complexity index is 884. The maximum atomic E-state index is 12.1. The number of nitrogens with zero attached hydrogens (tertiary/aromatic N) is 2. The Balaban J connectivity index is 1.86. The number of hydrogen-bond donors (Lipinski definition) is 1. The van der Waals surface area contributed by atoms with E-state index in [-0.39, 0.29) is 17.2 Å². The van der Waals surface area contributed by atoms with Crippen LogP contribution in [0.3, 0.4) is 0 Å². The van der Waals surface area contributed by atoms with Crippen LogP contribution in [0.4, 0.5) is 10.8 Å². The summed E-state index contributed by atoms with van der Waals surface area (Å²) in [5.41, 5.74) is 1.05. The molecule has 0 fully saturated rings. The van der Waals surface area contributed by atoms with Crippen molar-refractivity contribution >= 4 is 28.1 Å². The van der Waals surface area contributed by atoms with Gasteiger partial charge in [-0.2, -0.15) is 0 Å². The van der Waals surface area contributed by atoms with Crippen molar-refractivity contribution in [2.75, 3.05) is 5.32 Å². The maximum Gasteiger partial charge on any atom is 0.293 e. The Morgan fingerprint density at radius 3 is 2.78 bits per heavy atom. The van der Waals surface area contributed by atoms with E-state index in [9.17, 15) is 14.9 Å². The van der Waals surface area contributed by atoms with Gasteiger partial charge in [-0.05, 0) is 25.1 Å². The van der Waals surface area contributed by atoms with E-state index in [0.29, 0.717) is 10.7 Å². The molecular formula is C15H11N3O4S. The number of aryl methyl sites for hydroxylation is 1. The Labute approximate surface area is 134 Å². The molecule has 3 aromatic rings. The minimum Gasteiger partial charge on any atom is -0.451 e. The summed E-state index contributed by atoms with van der Waals surface area (Å²) in [6.45, 7) is 1.83. The number of hydrogen-bond acceptors (Lipinski definition) is 6. The van der Waals surface area contributed by atoms with Gasteiger partial charge in [0.1, 0.15) is 5.76 Å². The van der Waals surface area contributed by atoms with Crippen molar-refractivity contribution in [1.29, 1.82) is 0 Å². The van der Waals surface area contributed by atoms with E-state index >= 15 is 0 Å². The Hall–Kier alpha value is -3.00. The quantitative estimate of drug-likeness (QED) is 0.578. The van der Waals surface area contributed by atoms with Gasteiger partial charge in [-0.3, -0.25) is 20.2 Å². The number of furan rings is 1. The molecule has 1 N–H and O–H groups in total. The number of anilines is 1. The molecule has 1 amide bonds. The van der Waals surface area contributed by atoms with E-state index in [2.05, 4.69) is 10.3 Å². The van der Waals surface area contributed by atoms with Gasteiger partial charge in [0.15, 0.2) is 10.9 Å². The number of aromatic nitrogens is 1. The van der Waals surface area contributed by atoms with Gasteiger partial charge >= 0.3 is 0 Å². The summed E-state index contributed by atoms with van der Waals surface area (Å²) in [5.74, 6) is -0.132. The van der Waals surface area contributed by atoms with Crippen LogP contribution in [0.2, 0.25) is 0 Å². The van der Waals surface area contributed by atoms with Crippen LogP contribution in [0, 0.1) is 17.0 Å². The Kier molecular flexibility index (Phi) is 3.90. The average molecular weight is 329 g/mol. The van der Waals surface area contributed by atoms with Crippen LogP contribution in [-0.4, -0.2) is 15.8 Å². The predicted molar refractivity (Wildman–Crippen MR) is 85.6 cm³/mol. The number of nitro benzene ring substituents is 1. The number of nitrogens with one attached hydrogen (secondary N) is 1. The minimum absolute atomic E-state index is 0.0611. The van der Waals surface area contributed by atoms with Gasteiger partial charge in [-0.25, -0.2) is 4.98 Å². The standard InChI is InChI=1S/C15H11N3O4S/c1-9-8-23-15(16-9)17-14(19)13-7-6-12(22-13)10-4-2-3-5-11(10)18(20)21/h2-8H,1H3,(H,16,17,19). The van der Waals surface area contributed by atoms with Gasteiger partial charge in [0.2, 0.25) is 0 Å². The zero-order valence-electron chi connectivity index (χ0n) is 12.0. The highest BCUT2D eigenvalue weighted by atomic mass is 32.1. The van der Waals surface area contributed by atoms with E-state index in [1.54, 1.807) is 18.2 Å². The zero-order valence-corrected chi connectivity index (χ0v) is 12.8. The van der Waals surface area contributed by atoms with Gasteiger partial charge in [0.05, 0.1) is 16.2 Å². The number of nitro groups is 1. The van der Waals surface area contributed by atoms with Crippen molar-refractivity contribution < 1.29 is 14.1 Å². The molecule has 0 spiro atoms. The second-order valence-corrected chi connectivity index (χ2v) is 5.54. The number of amides is 1. The number of rotatable bonds is 4. The third-order valence-electron chi connectivity index (χ3n) is 3.04. The molecule has 0 unspecified atom stereocenters. The summed E-state index contributed by atoms with van der Waals surface area (Å²) in [7, 11) is 0. The molecule has 0 aliphatic carbocycles. The molecule has 2 aromatic heterocycles. The highest BCUT2D eigenvalue weighted by Gasteiger charge is 2.19. The second kappa shape index (κ2) is 6.01. The van der Waals surface area contributed by atoms with Crippen molar-refractivity contribution in [2.24, 2.45) is 0 Å². The summed E-state index contributed by atoms with van der Waals surface area (Å²) < 4.78 is 5.46. The van der Waals surface area contributed by atoms with Crippen molar-refractivity contribution in [3.05, 3.63) is 63.3 Å². The van der Waals surface area contributed by atoms with Gasteiger partial charge in [0.25, 0.3) is 11.6 Å². The smallest absolute Gasteiger partial charge is 0.293 e. The first-order valence-electron chi connectivity index (χ1n) is 6.61. The lowest BCUT2D eigenvalue weighted by atomic mass is 10.1. The molecule has 3 rings (SSSR count). The third-order valence-corrected chi connectivity index (χ3v) is 3.91. The fourth-order valence-corrected chi connectivity index (χ4v) is 2.70. The van der Waals surface area contributed by atoms with E-state index in [4.69, 9.17) is 4.42 Å². The van der Waals surface area contributed by atoms with Crippen molar-refractivity contribution in [3.63, 3.8) is 0 Å². The highest BCUT2D eigenvalue weighted by Crippen LogP contribution is 2.31. The number of benzene rings is 1. The lowest BCUT2D eigenvalue weighted by Crippen LogP contribution is -2.10. The summed E-state index contributed by atoms with van der Waals surface area (Å²) >= 11 is 1.31. The maximum absolute atomic E-state index is 12.1. The number of thiazole rings is 1. The van der Waals surface area contributed by atoms with Crippen molar-refractivity contribution in [2.45, 2.75) is 6.92 Å². The molecule has 116 valence electrons. The first-order valence-corrected chi connectivity index (χ1v) is 7.49. The Morgan fingerprint density at radius 2 is 2.09 bits per heavy atom. The largest absolute Gasteiger partial charge is 0.451 e.